The Labute approximate surface area is 86.6 Å². The van der Waals surface area contributed by atoms with Crippen molar-refractivity contribution in [1.29, 1.82) is 0 Å². The molecule has 0 bridgehead atoms. The van der Waals surface area contributed by atoms with Crippen LogP contribution in [0.15, 0.2) is 12.1 Å². The summed E-state index contributed by atoms with van der Waals surface area (Å²) in [6, 6.07) is 3.37. The molecule has 13 heavy (non-hydrogen) atoms. The molecule has 0 radical (unpaired) electrons. The summed E-state index contributed by atoms with van der Waals surface area (Å²) < 4.78 is 4.96. The molecule has 0 aliphatic carbocycles. The summed E-state index contributed by atoms with van der Waals surface area (Å²) >= 11 is 11.8. The molecule has 0 aliphatic rings. The standard InChI is InChI=1S/C8H10Cl2N2O/c1-13-5-3-2-4(8(11)12)6(9)7(5)10/h2-3,8H,11-12H2,1H3. The van der Waals surface area contributed by atoms with E-state index in [2.05, 4.69) is 0 Å². The fourth-order valence-corrected chi connectivity index (χ4v) is 1.49. The molecule has 1 rings (SSSR count). The lowest BCUT2D eigenvalue weighted by atomic mass is 10.2. The number of rotatable bonds is 2. The Morgan fingerprint density at radius 3 is 2.31 bits per heavy atom. The molecular formula is C8H10Cl2N2O. The molecule has 0 unspecified atom stereocenters. The Hall–Kier alpha value is -0.480. The largest absolute Gasteiger partial charge is 0.495 e. The summed E-state index contributed by atoms with van der Waals surface area (Å²) in [5.41, 5.74) is 11.5. The lowest BCUT2D eigenvalue weighted by Crippen LogP contribution is -2.20. The van der Waals surface area contributed by atoms with E-state index in [9.17, 15) is 0 Å². The van der Waals surface area contributed by atoms with Crippen molar-refractivity contribution in [2.24, 2.45) is 11.5 Å². The van der Waals surface area contributed by atoms with Gasteiger partial charge in [0.2, 0.25) is 0 Å². The van der Waals surface area contributed by atoms with Gasteiger partial charge in [-0.15, -0.1) is 0 Å². The van der Waals surface area contributed by atoms with Crippen LogP contribution in [0.1, 0.15) is 11.7 Å². The number of hydrogen-bond donors (Lipinski definition) is 2. The normalized spacial score (nSPS) is 10.6. The highest BCUT2D eigenvalue weighted by atomic mass is 35.5. The molecule has 0 amide bonds. The van der Waals surface area contributed by atoms with Crippen LogP contribution < -0.4 is 16.2 Å². The van der Waals surface area contributed by atoms with Gasteiger partial charge in [0.05, 0.1) is 18.3 Å². The fraction of sp³-hybridized carbons (Fsp3) is 0.250. The van der Waals surface area contributed by atoms with E-state index in [0.717, 1.165) is 0 Å². The Morgan fingerprint density at radius 1 is 1.23 bits per heavy atom. The Balaban J connectivity index is 3.23. The zero-order chi connectivity index (χ0) is 10.0. The van der Waals surface area contributed by atoms with Crippen molar-refractivity contribution in [2.75, 3.05) is 7.11 Å². The van der Waals surface area contributed by atoms with Crippen molar-refractivity contribution < 1.29 is 4.74 Å². The van der Waals surface area contributed by atoms with E-state index >= 15 is 0 Å². The van der Waals surface area contributed by atoms with Crippen LogP contribution >= 0.6 is 23.2 Å². The summed E-state index contributed by atoms with van der Waals surface area (Å²) in [6.07, 6.45) is -0.629. The van der Waals surface area contributed by atoms with Gasteiger partial charge in [0.25, 0.3) is 0 Å². The highest BCUT2D eigenvalue weighted by Gasteiger charge is 2.12. The average Bonchev–Trinajstić information content (AvgIpc) is 2.09. The first kappa shape index (κ1) is 10.6. The number of methoxy groups -OCH3 is 1. The van der Waals surface area contributed by atoms with Crippen LogP contribution in [-0.2, 0) is 0 Å². The van der Waals surface area contributed by atoms with E-state index in [-0.39, 0.29) is 0 Å². The summed E-state index contributed by atoms with van der Waals surface area (Å²) in [5, 5.41) is 0.679. The Kier molecular flexibility index (Phi) is 3.39. The molecule has 0 heterocycles. The highest BCUT2D eigenvalue weighted by molar-refractivity contribution is 6.43. The molecule has 0 aliphatic heterocycles. The van der Waals surface area contributed by atoms with Crippen LogP contribution in [0.4, 0.5) is 0 Å². The molecule has 4 N–H and O–H groups in total. The summed E-state index contributed by atoms with van der Waals surface area (Å²) in [4.78, 5) is 0. The van der Waals surface area contributed by atoms with Gasteiger partial charge in [0.15, 0.2) is 0 Å². The Bertz CT molecular complexity index is 315. The summed E-state index contributed by atoms with van der Waals surface area (Å²) in [7, 11) is 1.51. The van der Waals surface area contributed by atoms with Crippen molar-refractivity contribution in [3.63, 3.8) is 0 Å². The van der Waals surface area contributed by atoms with Crippen LogP contribution in [0.2, 0.25) is 10.0 Å². The predicted octanol–water partition coefficient (Wildman–Crippen LogP) is 1.92. The first-order valence-corrected chi connectivity index (χ1v) is 4.36. The number of benzene rings is 1. The first-order chi connectivity index (χ1) is 6.07. The molecule has 0 atom stereocenters. The van der Waals surface area contributed by atoms with Crippen molar-refractivity contribution >= 4 is 23.2 Å². The molecule has 1 aromatic rings. The van der Waals surface area contributed by atoms with Crippen LogP contribution in [0, 0.1) is 0 Å². The van der Waals surface area contributed by atoms with Crippen LogP contribution in [0.3, 0.4) is 0 Å². The number of halogens is 2. The van der Waals surface area contributed by atoms with Crippen molar-refractivity contribution in [3.05, 3.63) is 27.7 Å². The third-order valence-corrected chi connectivity index (χ3v) is 2.53. The van der Waals surface area contributed by atoms with Crippen molar-refractivity contribution in [2.45, 2.75) is 6.17 Å². The van der Waals surface area contributed by atoms with E-state index in [4.69, 9.17) is 39.4 Å². The van der Waals surface area contributed by atoms with Crippen LogP contribution in [-0.4, -0.2) is 7.11 Å². The maximum Gasteiger partial charge on any atom is 0.139 e. The van der Waals surface area contributed by atoms with Gasteiger partial charge in [-0.1, -0.05) is 29.3 Å². The van der Waals surface area contributed by atoms with Gasteiger partial charge < -0.3 is 16.2 Å². The maximum absolute atomic E-state index is 5.90. The first-order valence-electron chi connectivity index (χ1n) is 3.61. The molecule has 0 saturated heterocycles. The number of ether oxygens (including phenoxy) is 1. The van der Waals surface area contributed by atoms with Crippen molar-refractivity contribution in [1.82, 2.24) is 0 Å². The zero-order valence-corrected chi connectivity index (χ0v) is 8.56. The lowest BCUT2D eigenvalue weighted by molar-refractivity contribution is 0.415. The Morgan fingerprint density at radius 2 is 1.85 bits per heavy atom. The van der Waals surface area contributed by atoms with Gasteiger partial charge in [-0.05, 0) is 6.07 Å². The van der Waals surface area contributed by atoms with Gasteiger partial charge in [-0.2, -0.15) is 0 Å². The van der Waals surface area contributed by atoms with Crippen LogP contribution in [0.25, 0.3) is 0 Å². The van der Waals surface area contributed by atoms with E-state index in [1.807, 2.05) is 0 Å². The second-order valence-electron chi connectivity index (χ2n) is 2.51. The van der Waals surface area contributed by atoms with E-state index in [0.29, 0.717) is 21.4 Å². The molecule has 0 saturated carbocycles. The van der Waals surface area contributed by atoms with E-state index in [1.165, 1.54) is 7.11 Å². The lowest BCUT2D eigenvalue weighted by Gasteiger charge is -2.11. The maximum atomic E-state index is 5.90. The van der Waals surface area contributed by atoms with Gasteiger partial charge in [0.1, 0.15) is 10.8 Å². The fourth-order valence-electron chi connectivity index (χ4n) is 0.962. The molecular weight excluding hydrogens is 211 g/mol. The second-order valence-corrected chi connectivity index (χ2v) is 3.27. The smallest absolute Gasteiger partial charge is 0.139 e. The minimum absolute atomic E-state index is 0.336. The van der Waals surface area contributed by atoms with Gasteiger partial charge >= 0.3 is 0 Å². The van der Waals surface area contributed by atoms with E-state index in [1.54, 1.807) is 12.1 Å². The SMILES string of the molecule is COc1ccc(C(N)N)c(Cl)c1Cl. The number of hydrogen-bond acceptors (Lipinski definition) is 3. The molecule has 5 heteroatoms. The zero-order valence-electron chi connectivity index (χ0n) is 7.05. The average molecular weight is 221 g/mol. The summed E-state index contributed by atoms with van der Waals surface area (Å²) in [6.45, 7) is 0. The van der Waals surface area contributed by atoms with Gasteiger partial charge in [-0.25, -0.2) is 0 Å². The minimum atomic E-state index is -0.629. The van der Waals surface area contributed by atoms with Crippen LogP contribution in [0.5, 0.6) is 5.75 Å². The van der Waals surface area contributed by atoms with Crippen molar-refractivity contribution in [3.8, 4) is 5.75 Å². The van der Waals surface area contributed by atoms with Gasteiger partial charge in [0, 0.05) is 5.56 Å². The minimum Gasteiger partial charge on any atom is -0.495 e. The molecule has 72 valence electrons. The molecule has 0 fully saturated rings. The second kappa shape index (κ2) is 4.15. The highest BCUT2D eigenvalue weighted by Crippen LogP contribution is 2.35. The third kappa shape index (κ3) is 2.06. The third-order valence-electron chi connectivity index (χ3n) is 1.66. The predicted molar refractivity (Wildman–Crippen MR) is 54.1 cm³/mol. The molecule has 3 nitrogen and oxygen atoms in total. The van der Waals surface area contributed by atoms with Gasteiger partial charge in [-0.3, -0.25) is 0 Å². The topological polar surface area (TPSA) is 61.3 Å². The molecule has 0 aromatic heterocycles. The number of nitrogens with two attached hydrogens (primary N) is 2. The molecule has 1 aromatic carbocycles. The quantitative estimate of drug-likeness (QED) is 0.750. The molecule has 0 spiro atoms. The van der Waals surface area contributed by atoms with E-state index < -0.39 is 6.17 Å². The monoisotopic (exact) mass is 220 g/mol. The summed E-state index contributed by atoms with van der Waals surface area (Å²) in [5.74, 6) is 0.510.